The van der Waals surface area contributed by atoms with Gasteiger partial charge in [0.2, 0.25) is 0 Å². The van der Waals surface area contributed by atoms with E-state index in [1.807, 2.05) is 0 Å². The molecule has 0 spiro atoms. The van der Waals surface area contributed by atoms with Crippen LogP contribution in [0.15, 0.2) is 0 Å². The van der Waals surface area contributed by atoms with Gasteiger partial charge in [-0.15, -0.1) is 11.6 Å². The van der Waals surface area contributed by atoms with Gasteiger partial charge in [-0.25, -0.2) is 0 Å². The maximum atomic E-state index is 5.68. The smallest absolute Gasteiger partial charge is 0.0674 e. The molecular formula is C12H24ClNO. The number of halogens is 1. The lowest BCUT2D eigenvalue weighted by atomic mass is 10.1. The minimum absolute atomic E-state index is 0.404. The first-order valence-electron chi connectivity index (χ1n) is 6.19. The topological polar surface area (TPSA) is 12.5 Å². The molecule has 2 nitrogen and oxygen atoms in total. The summed E-state index contributed by atoms with van der Waals surface area (Å²) in [5.41, 5.74) is 0. The summed E-state index contributed by atoms with van der Waals surface area (Å²) < 4.78 is 5.68. The first-order valence-corrected chi connectivity index (χ1v) is 6.73. The number of alkyl halides is 1. The lowest BCUT2D eigenvalue weighted by molar-refractivity contribution is -0.0560. The SMILES string of the molecule is CCC1COC(C)CN1CCCCCCl. The summed E-state index contributed by atoms with van der Waals surface area (Å²) in [6.45, 7) is 7.63. The average Bonchev–Trinajstić information content (AvgIpc) is 2.25. The molecule has 0 aromatic carbocycles. The lowest BCUT2D eigenvalue weighted by Crippen LogP contribution is -2.48. The molecule has 1 heterocycles. The Morgan fingerprint density at radius 1 is 1.33 bits per heavy atom. The highest BCUT2D eigenvalue weighted by atomic mass is 35.5. The maximum absolute atomic E-state index is 5.68. The molecule has 1 fully saturated rings. The van der Waals surface area contributed by atoms with Gasteiger partial charge >= 0.3 is 0 Å². The number of ether oxygens (including phenoxy) is 1. The number of hydrogen-bond acceptors (Lipinski definition) is 2. The summed E-state index contributed by atoms with van der Waals surface area (Å²) in [5.74, 6) is 0.802. The zero-order chi connectivity index (χ0) is 11.1. The van der Waals surface area contributed by atoms with Gasteiger partial charge in [-0.1, -0.05) is 13.3 Å². The van der Waals surface area contributed by atoms with Crippen molar-refractivity contribution in [2.24, 2.45) is 0 Å². The first kappa shape index (κ1) is 13.3. The molecule has 1 aliphatic rings. The molecule has 90 valence electrons. The Labute approximate surface area is 98.9 Å². The highest BCUT2D eigenvalue weighted by Gasteiger charge is 2.24. The van der Waals surface area contributed by atoms with Crippen molar-refractivity contribution in [1.82, 2.24) is 4.90 Å². The number of unbranched alkanes of at least 4 members (excludes halogenated alkanes) is 2. The predicted molar refractivity (Wildman–Crippen MR) is 65.6 cm³/mol. The van der Waals surface area contributed by atoms with Crippen LogP contribution in [0.2, 0.25) is 0 Å². The number of morpholine rings is 1. The quantitative estimate of drug-likeness (QED) is 0.517. The number of rotatable bonds is 6. The van der Waals surface area contributed by atoms with Crippen molar-refractivity contribution in [2.75, 3.05) is 25.6 Å². The Kier molecular flexibility index (Phi) is 6.62. The zero-order valence-electron chi connectivity index (χ0n) is 10.0. The summed E-state index contributed by atoms with van der Waals surface area (Å²) in [6.07, 6.45) is 5.28. The number of hydrogen-bond donors (Lipinski definition) is 0. The molecule has 0 radical (unpaired) electrons. The van der Waals surface area contributed by atoms with Crippen molar-refractivity contribution < 1.29 is 4.74 Å². The second-order valence-electron chi connectivity index (χ2n) is 4.45. The van der Waals surface area contributed by atoms with E-state index in [9.17, 15) is 0 Å². The molecule has 0 amide bonds. The van der Waals surface area contributed by atoms with E-state index < -0.39 is 0 Å². The molecular weight excluding hydrogens is 210 g/mol. The molecule has 15 heavy (non-hydrogen) atoms. The normalized spacial score (nSPS) is 28.2. The highest BCUT2D eigenvalue weighted by Crippen LogP contribution is 2.15. The molecule has 3 heteroatoms. The van der Waals surface area contributed by atoms with E-state index in [0.29, 0.717) is 12.1 Å². The van der Waals surface area contributed by atoms with Crippen LogP contribution in [0.1, 0.15) is 39.5 Å². The molecule has 0 aromatic heterocycles. The zero-order valence-corrected chi connectivity index (χ0v) is 10.8. The van der Waals surface area contributed by atoms with Crippen molar-refractivity contribution in [3.63, 3.8) is 0 Å². The fourth-order valence-electron chi connectivity index (χ4n) is 2.15. The van der Waals surface area contributed by atoms with Crippen molar-refractivity contribution in [3.05, 3.63) is 0 Å². The van der Waals surface area contributed by atoms with Crippen LogP contribution in [0.3, 0.4) is 0 Å². The summed E-state index contributed by atoms with van der Waals surface area (Å²) in [6, 6.07) is 0.636. The van der Waals surface area contributed by atoms with Crippen LogP contribution in [-0.4, -0.2) is 42.6 Å². The minimum atomic E-state index is 0.404. The van der Waals surface area contributed by atoms with E-state index in [0.717, 1.165) is 25.5 Å². The predicted octanol–water partition coefficient (Wildman–Crippen LogP) is 2.89. The van der Waals surface area contributed by atoms with Gasteiger partial charge in [0, 0.05) is 18.5 Å². The van der Waals surface area contributed by atoms with Gasteiger partial charge in [-0.05, 0) is 32.7 Å². The third-order valence-corrected chi connectivity index (χ3v) is 3.40. The van der Waals surface area contributed by atoms with Crippen LogP contribution >= 0.6 is 11.6 Å². The fourth-order valence-corrected chi connectivity index (χ4v) is 2.34. The largest absolute Gasteiger partial charge is 0.376 e. The van der Waals surface area contributed by atoms with E-state index in [1.165, 1.54) is 25.8 Å². The second-order valence-corrected chi connectivity index (χ2v) is 4.83. The van der Waals surface area contributed by atoms with Gasteiger partial charge < -0.3 is 4.74 Å². The molecule has 0 N–H and O–H groups in total. The van der Waals surface area contributed by atoms with Crippen molar-refractivity contribution >= 4 is 11.6 Å². The van der Waals surface area contributed by atoms with Gasteiger partial charge in [-0.3, -0.25) is 4.90 Å². The van der Waals surface area contributed by atoms with Gasteiger partial charge in [0.15, 0.2) is 0 Å². The van der Waals surface area contributed by atoms with E-state index >= 15 is 0 Å². The Morgan fingerprint density at radius 3 is 2.80 bits per heavy atom. The number of nitrogens with zero attached hydrogens (tertiary/aromatic N) is 1. The van der Waals surface area contributed by atoms with Crippen LogP contribution in [0.5, 0.6) is 0 Å². The van der Waals surface area contributed by atoms with Gasteiger partial charge in [0.25, 0.3) is 0 Å². The van der Waals surface area contributed by atoms with Crippen LogP contribution in [0.4, 0.5) is 0 Å². The Hall–Kier alpha value is 0.210. The maximum Gasteiger partial charge on any atom is 0.0674 e. The minimum Gasteiger partial charge on any atom is -0.376 e. The molecule has 1 rings (SSSR count). The summed E-state index contributed by atoms with van der Waals surface area (Å²) in [4.78, 5) is 2.59. The van der Waals surface area contributed by atoms with Crippen LogP contribution in [0, 0.1) is 0 Å². The van der Waals surface area contributed by atoms with E-state index in [2.05, 4.69) is 18.7 Å². The molecule has 2 atom stereocenters. The summed E-state index contributed by atoms with van der Waals surface area (Å²) >= 11 is 5.67. The standard InChI is InChI=1S/C12H24ClNO/c1-3-12-10-15-11(2)9-14(12)8-6-4-5-7-13/h11-12H,3-10H2,1-2H3. The van der Waals surface area contributed by atoms with Gasteiger partial charge in [0.1, 0.15) is 0 Å². The van der Waals surface area contributed by atoms with E-state index in [-0.39, 0.29) is 0 Å². The Balaban J connectivity index is 2.22. The fraction of sp³-hybridized carbons (Fsp3) is 1.00. The third kappa shape index (κ3) is 4.71. The van der Waals surface area contributed by atoms with E-state index in [1.54, 1.807) is 0 Å². The van der Waals surface area contributed by atoms with Crippen LogP contribution < -0.4 is 0 Å². The third-order valence-electron chi connectivity index (χ3n) is 3.13. The molecule has 2 unspecified atom stereocenters. The first-order chi connectivity index (χ1) is 7.27. The average molecular weight is 234 g/mol. The van der Waals surface area contributed by atoms with Gasteiger partial charge in [0.05, 0.1) is 12.7 Å². The second kappa shape index (κ2) is 7.48. The molecule has 1 aliphatic heterocycles. The van der Waals surface area contributed by atoms with Crippen LogP contribution in [-0.2, 0) is 4.74 Å². The van der Waals surface area contributed by atoms with Crippen molar-refractivity contribution in [3.8, 4) is 0 Å². The van der Waals surface area contributed by atoms with Gasteiger partial charge in [-0.2, -0.15) is 0 Å². The Bertz CT molecular complexity index is 166. The molecule has 1 saturated heterocycles. The van der Waals surface area contributed by atoms with E-state index in [4.69, 9.17) is 16.3 Å². The van der Waals surface area contributed by atoms with Crippen molar-refractivity contribution in [1.29, 1.82) is 0 Å². The molecule has 0 aromatic rings. The highest BCUT2D eigenvalue weighted by molar-refractivity contribution is 6.17. The molecule has 0 saturated carbocycles. The van der Waals surface area contributed by atoms with Crippen LogP contribution in [0.25, 0.3) is 0 Å². The Morgan fingerprint density at radius 2 is 2.13 bits per heavy atom. The summed E-state index contributed by atoms with van der Waals surface area (Å²) in [7, 11) is 0. The summed E-state index contributed by atoms with van der Waals surface area (Å²) in [5, 5.41) is 0. The molecule has 0 aliphatic carbocycles. The van der Waals surface area contributed by atoms with Crippen molar-refractivity contribution in [2.45, 2.75) is 51.7 Å². The molecule has 0 bridgehead atoms. The monoisotopic (exact) mass is 233 g/mol. The lowest BCUT2D eigenvalue weighted by Gasteiger charge is -2.38.